The first-order valence-electron chi connectivity index (χ1n) is 4.44. The summed E-state index contributed by atoms with van der Waals surface area (Å²) in [5.74, 6) is 0. The van der Waals surface area contributed by atoms with Crippen molar-refractivity contribution in [2.45, 2.75) is 12.8 Å². The minimum atomic E-state index is 0.866. The highest BCUT2D eigenvalue weighted by Gasteiger charge is 1.92. The van der Waals surface area contributed by atoms with Crippen LogP contribution in [0.1, 0.15) is 12.0 Å². The average Bonchev–Trinajstić information content (AvgIpc) is 2.15. The molecule has 0 saturated heterocycles. The molecule has 0 aliphatic rings. The summed E-state index contributed by atoms with van der Waals surface area (Å²) >= 11 is 0. The lowest BCUT2D eigenvalue weighted by molar-refractivity contribution is 1.24. The molecule has 1 rings (SSSR count). The fraction of sp³-hybridized carbons (Fsp3) is 0.167. The molecular formula is C12H15N. The summed E-state index contributed by atoms with van der Waals surface area (Å²) in [7, 11) is 0. The van der Waals surface area contributed by atoms with Crippen LogP contribution < -0.4 is 5.73 Å². The first-order valence-corrected chi connectivity index (χ1v) is 4.44. The molecular weight excluding hydrogens is 158 g/mol. The second-order valence-electron chi connectivity index (χ2n) is 2.90. The third-order valence-corrected chi connectivity index (χ3v) is 1.86. The van der Waals surface area contributed by atoms with Crippen molar-refractivity contribution in [3.63, 3.8) is 0 Å². The quantitative estimate of drug-likeness (QED) is 0.550. The Bertz CT molecular complexity index is 300. The van der Waals surface area contributed by atoms with Crippen molar-refractivity contribution < 1.29 is 0 Å². The van der Waals surface area contributed by atoms with Gasteiger partial charge in [0.05, 0.1) is 0 Å². The van der Waals surface area contributed by atoms with Crippen LogP contribution in [-0.4, -0.2) is 0 Å². The van der Waals surface area contributed by atoms with E-state index in [-0.39, 0.29) is 0 Å². The van der Waals surface area contributed by atoms with Crippen molar-refractivity contribution in [1.82, 2.24) is 0 Å². The van der Waals surface area contributed by atoms with Crippen molar-refractivity contribution in [2.75, 3.05) is 5.73 Å². The van der Waals surface area contributed by atoms with E-state index in [1.54, 1.807) is 0 Å². The standard InChI is InChI=1S/C12H15N/c1-2-3-4-5-8-11-9-6-7-10-12(11)13/h2,4-7,9-10H,1,3,8,13H2/b5-4+. The third-order valence-electron chi connectivity index (χ3n) is 1.86. The molecule has 0 amide bonds. The molecule has 1 nitrogen and oxygen atoms in total. The molecule has 0 aromatic heterocycles. The first-order chi connectivity index (χ1) is 6.34. The number of anilines is 1. The predicted molar refractivity (Wildman–Crippen MR) is 58.5 cm³/mol. The van der Waals surface area contributed by atoms with Crippen LogP contribution in [0.25, 0.3) is 0 Å². The maximum atomic E-state index is 5.78. The van der Waals surface area contributed by atoms with Gasteiger partial charge >= 0.3 is 0 Å². The molecule has 1 heteroatoms. The molecule has 13 heavy (non-hydrogen) atoms. The second kappa shape index (κ2) is 5.20. The van der Waals surface area contributed by atoms with Crippen LogP contribution in [0.2, 0.25) is 0 Å². The molecule has 0 unspecified atom stereocenters. The maximum Gasteiger partial charge on any atom is 0.0349 e. The largest absolute Gasteiger partial charge is 0.398 e. The molecule has 0 atom stereocenters. The van der Waals surface area contributed by atoms with Crippen molar-refractivity contribution >= 4 is 5.69 Å². The fourth-order valence-electron chi connectivity index (χ4n) is 1.12. The summed E-state index contributed by atoms with van der Waals surface area (Å²) in [6.07, 6.45) is 7.92. The van der Waals surface area contributed by atoms with E-state index in [2.05, 4.69) is 18.7 Å². The molecule has 1 aromatic rings. The minimum Gasteiger partial charge on any atom is -0.398 e. The van der Waals surface area contributed by atoms with Crippen LogP contribution in [0.3, 0.4) is 0 Å². The SMILES string of the molecule is C=CC/C=C/Cc1ccccc1N. The lowest BCUT2D eigenvalue weighted by Gasteiger charge is -2.00. The Morgan fingerprint density at radius 1 is 1.23 bits per heavy atom. The first kappa shape index (κ1) is 9.59. The van der Waals surface area contributed by atoms with E-state index in [0.717, 1.165) is 18.5 Å². The van der Waals surface area contributed by atoms with Gasteiger partial charge in [0.15, 0.2) is 0 Å². The zero-order valence-electron chi connectivity index (χ0n) is 7.74. The van der Waals surface area contributed by atoms with Gasteiger partial charge in [0.25, 0.3) is 0 Å². The van der Waals surface area contributed by atoms with E-state index >= 15 is 0 Å². The topological polar surface area (TPSA) is 26.0 Å². The maximum absolute atomic E-state index is 5.78. The van der Waals surface area contributed by atoms with Crippen LogP contribution >= 0.6 is 0 Å². The van der Waals surface area contributed by atoms with Crippen molar-refractivity contribution in [3.8, 4) is 0 Å². The lowest BCUT2D eigenvalue weighted by Crippen LogP contribution is -1.91. The second-order valence-corrected chi connectivity index (χ2v) is 2.90. The van der Waals surface area contributed by atoms with E-state index < -0.39 is 0 Å². The molecule has 0 spiro atoms. The number of nitrogens with two attached hydrogens (primary N) is 1. The van der Waals surface area contributed by atoms with Crippen molar-refractivity contribution in [2.24, 2.45) is 0 Å². The minimum absolute atomic E-state index is 0.866. The van der Waals surface area contributed by atoms with Gasteiger partial charge in [-0.3, -0.25) is 0 Å². The zero-order chi connectivity index (χ0) is 9.52. The van der Waals surface area contributed by atoms with E-state index in [1.165, 1.54) is 5.56 Å². The van der Waals surface area contributed by atoms with Gasteiger partial charge in [0, 0.05) is 5.69 Å². The predicted octanol–water partition coefficient (Wildman–Crippen LogP) is 2.94. The zero-order valence-corrected chi connectivity index (χ0v) is 7.74. The smallest absolute Gasteiger partial charge is 0.0349 e. The van der Waals surface area contributed by atoms with E-state index in [9.17, 15) is 0 Å². The Kier molecular flexibility index (Phi) is 3.83. The van der Waals surface area contributed by atoms with E-state index in [0.29, 0.717) is 0 Å². The summed E-state index contributed by atoms with van der Waals surface area (Å²) < 4.78 is 0. The number of rotatable bonds is 4. The normalized spacial score (nSPS) is 10.5. The number of allylic oxidation sites excluding steroid dienone is 3. The van der Waals surface area contributed by atoms with Crippen LogP contribution in [0, 0.1) is 0 Å². The lowest BCUT2D eigenvalue weighted by atomic mass is 10.1. The monoisotopic (exact) mass is 173 g/mol. The molecule has 0 saturated carbocycles. The van der Waals surface area contributed by atoms with Crippen LogP contribution in [-0.2, 0) is 6.42 Å². The molecule has 0 bridgehead atoms. The average molecular weight is 173 g/mol. The van der Waals surface area contributed by atoms with Gasteiger partial charge in [0.2, 0.25) is 0 Å². The van der Waals surface area contributed by atoms with Crippen LogP contribution in [0.4, 0.5) is 5.69 Å². The number of benzene rings is 1. The Morgan fingerprint density at radius 2 is 2.00 bits per heavy atom. The summed E-state index contributed by atoms with van der Waals surface area (Å²) in [6.45, 7) is 3.65. The summed E-state index contributed by atoms with van der Waals surface area (Å²) in [5, 5.41) is 0. The summed E-state index contributed by atoms with van der Waals surface area (Å²) in [5.41, 5.74) is 7.83. The number of para-hydroxylation sites is 1. The van der Waals surface area contributed by atoms with E-state index in [1.807, 2.05) is 30.3 Å². The number of nitrogen functional groups attached to an aromatic ring is 1. The van der Waals surface area contributed by atoms with Gasteiger partial charge in [-0.25, -0.2) is 0 Å². The summed E-state index contributed by atoms with van der Waals surface area (Å²) in [6, 6.07) is 7.93. The van der Waals surface area contributed by atoms with Crippen molar-refractivity contribution in [1.29, 1.82) is 0 Å². The van der Waals surface area contributed by atoms with Gasteiger partial charge < -0.3 is 5.73 Å². The number of hydrogen-bond acceptors (Lipinski definition) is 1. The third kappa shape index (κ3) is 3.16. The van der Waals surface area contributed by atoms with Crippen molar-refractivity contribution in [3.05, 3.63) is 54.6 Å². The van der Waals surface area contributed by atoms with Gasteiger partial charge in [0.1, 0.15) is 0 Å². The Labute approximate surface area is 79.6 Å². The highest BCUT2D eigenvalue weighted by Crippen LogP contribution is 2.11. The van der Waals surface area contributed by atoms with Gasteiger partial charge in [-0.1, -0.05) is 36.4 Å². The summed E-state index contributed by atoms with van der Waals surface area (Å²) in [4.78, 5) is 0. The van der Waals surface area contributed by atoms with Crippen LogP contribution in [0.15, 0.2) is 49.1 Å². The Morgan fingerprint density at radius 3 is 2.69 bits per heavy atom. The van der Waals surface area contributed by atoms with Gasteiger partial charge in [-0.2, -0.15) is 0 Å². The van der Waals surface area contributed by atoms with Crippen LogP contribution in [0.5, 0.6) is 0 Å². The Hall–Kier alpha value is -1.50. The molecule has 0 heterocycles. The molecule has 0 aliphatic heterocycles. The molecule has 1 aromatic carbocycles. The highest BCUT2D eigenvalue weighted by atomic mass is 14.5. The van der Waals surface area contributed by atoms with E-state index in [4.69, 9.17) is 5.73 Å². The molecule has 2 N–H and O–H groups in total. The molecule has 68 valence electrons. The Balaban J connectivity index is 2.54. The highest BCUT2D eigenvalue weighted by molar-refractivity contribution is 5.47. The molecule has 0 aliphatic carbocycles. The van der Waals surface area contributed by atoms with Gasteiger partial charge in [-0.05, 0) is 24.5 Å². The molecule has 0 fully saturated rings. The number of hydrogen-bond donors (Lipinski definition) is 1. The molecule has 0 radical (unpaired) electrons. The van der Waals surface area contributed by atoms with Gasteiger partial charge in [-0.15, -0.1) is 6.58 Å². The fourth-order valence-corrected chi connectivity index (χ4v) is 1.12.